The summed E-state index contributed by atoms with van der Waals surface area (Å²) in [5.74, 6) is 0. The smallest absolute Gasteiger partial charge is 0.280 e. The molecule has 0 aliphatic carbocycles. The van der Waals surface area contributed by atoms with Gasteiger partial charge in [0.15, 0.2) is 5.13 Å². The minimum absolute atomic E-state index is 0.0786. The van der Waals surface area contributed by atoms with Crippen LogP contribution in [0.25, 0.3) is 0 Å². The van der Waals surface area contributed by atoms with Crippen molar-refractivity contribution in [2.45, 2.75) is 35.8 Å². The fourth-order valence-electron chi connectivity index (χ4n) is 4.65. The summed E-state index contributed by atoms with van der Waals surface area (Å²) in [6.45, 7) is 3.33. The maximum atomic E-state index is 12.7. The number of rotatable bonds is 10. The number of aliphatic hydroxyl groups is 2. The van der Waals surface area contributed by atoms with Crippen molar-refractivity contribution >= 4 is 88.0 Å². The summed E-state index contributed by atoms with van der Waals surface area (Å²) in [5.41, 5.74) is 3.02. The number of aromatic nitrogens is 2. The number of nitrogens with zero attached hydrogens (tertiary/aromatic N) is 3. The van der Waals surface area contributed by atoms with Gasteiger partial charge < -0.3 is 10.2 Å². The highest BCUT2D eigenvalue weighted by Gasteiger charge is 2.28. The summed E-state index contributed by atoms with van der Waals surface area (Å²) < 4.78 is 53.6. The normalized spacial score (nSPS) is 12.8. The van der Waals surface area contributed by atoms with Crippen molar-refractivity contribution in [2.24, 2.45) is 0 Å². The highest BCUT2D eigenvalue weighted by molar-refractivity contribution is 7.94. The first-order valence-electron chi connectivity index (χ1n) is 14.8. The Morgan fingerprint density at radius 1 is 0.706 bits per heavy atom. The van der Waals surface area contributed by atoms with E-state index in [-0.39, 0.29) is 20.1 Å². The Kier molecular flexibility index (Phi) is 12.4. The molecule has 0 fully saturated rings. The first kappa shape index (κ1) is 38.7. The van der Waals surface area contributed by atoms with Crippen LogP contribution in [-0.2, 0) is 20.0 Å². The average Bonchev–Trinajstić information content (AvgIpc) is 3.80. The maximum Gasteiger partial charge on any atom is 0.280 e. The van der Waals surface area contributed by atoms with Crippen LogP contribution in [0, 0.1) is 13.8 Å². The average molecular weight is 824 g/mol. The molecule has 0 aliphatic heterocycles. The third-order valence-corrected chi connectivity index (χ3v) is 13.8. The van der Waals surface area contributed by atoms with Gasteiger partial charge in [-0.1, -0.05) is 89.9 Å². The molecule has 6 rings (SSSR count). The predicted molar refractivity (Wildman–Crippen MR) is 204 cm³/mol. The van der Waals surface area contributed by atoms with E-state index < -0.39 is 32.3 Å². The lowest BCUT2D eigenvalue weighted by Gasteiger charge is -2.14. The van der Waals surface area contributed by atoms with Crippen LogP contribution in [0.1, 0.15) is 45.8 Å². The van der Waals surface area contributed by atoms with Crippen LogP contribution in [0.15, 0.2) is 118 Å². The van der Waals surface area contributed by atoms with Crippen molar-refractivity contribution in [3.8, 4) is 0 Å². The van der Waals surface area contributed by atoms with Crippen LogP contribution in [0.5, 0.6) is 0 Å². The Bertz CT molecular complexity index is 2340. The van der Waals surface area contributed by atoms with Gasteiger partial charge in [0.1, 0.15) is 12.2 Å². The number of hydrogen-bond acceptors (Lipinski definition) is 10. The van der Waals surface area contributed by atoms with Crippen LogP contribution >= 0.6 is 57.7 Å². The molecule has 4 aromatic carbocycles. The first-order chi connectivity index (χ1) is 24.2. The number of nitrogens with one attached hydrogen (secondary N) is 1. The fraction of sp³-hybridized carbons (Fsp3) is 0.118. The molecule has 0 aliphatic rings. The molecule has 10 nitrogen and oxygen atoms in total. The van der Waals surface area contributed by atoms with Crippen molar-refractivity contribution in [1.29, 1.82) is 0 Å². The number of thiazole rings is 2. The Morgan fingerprint density at radius 3 is 1.94 bits per heavy atom. The molecule has 0 saturated carbocycles. The molecular weight excluding hydrogens is 795 g/mol. The van der Waals surface area contributed by atoms with Gasteiger partial charge in [-0.15, -0.1) is 26.5 Å². The lowest BCUT2D eigenvalue weighted by molar-refractivity contribution is 0.216. The van der Waals surface area contributed by atoms with Gasteiger partial charge in [0, 0.05) is 32.6 Å². The fourth-order valence-corrected chi connectivity index (χ4v) is 9.85. The monoisotopic (exact) mass is 822 g/mol. The van der Waals surface area contributed by atoms with Gasteiger partial charge in [0.25, 0.3) is 20.0 Å². The second-order valence-corrected chi connectivity index (χ2v) is 17.3. The lowest BCUT2D eigenvalue weighted by Crippen LogP contribution is -2.22. The number of aryl methyl sites for hydroxylation is 1. The molecule has 0 radical (unpaired) electrons. The van der Waals surface area contributed by atoms with Gasteiger partial charge in [-0.3, -0.25) is 4.72 Å². The Hall–Kier alpha value is -3.57. The van der Waals surface area contributed by atoms with E-state index in [4.69, 9.17) is 35.0 Å². The van der Waals surface area contributed by atoms with Gasteiger partial charge >= 0.3 is 0 Å². The molecule has 0 saturated heterocycles. The van der Waals surface area contributed by atoms with Crippen LogP contribution in [0.3, 0.4) is 0 Å². The Morgan fingerprint density at radius 2 is 1.27 bits per heavy atom. The van der Waals surface area contributed by atoms with Crippen molar-refractivity contribution in [1.82, 2.24) is 9.97 Å². The van der Waals surface area contributed by atoms with E-state index in [0.29, 0.717) is 47.5 Å². The zero-order valence-electron chi connectivity index (χ0n) is 26.7. The second kappa shape index (κ2) is 16.4. The number of sulfonamides is 2. The quantitative estimate of drug-likeness (QED) is 0.117. The molecule has 0 amide bonds. The summed E-state index contributed by atoms with van der Waals surface area (Å²) in [5, 5.41) is 25.1. The molecule has 51 heavy (non-hydrogen) atoms. The number of aliphatic hydroxyl groups excluding tert-OH is 2. The summed E-state index contributed by atoms with van der Waals surface area (Å²) in [6.07, 6.45) is -1.92. The molecule has 2 heterocycles. The second-order valence-electron chi connectivity index (χ2n) is 10.9. The zero-order chi connectivity index (χ0) is 36.9. The van der Waals surface area contributed by atoms with E-state index in [1.54, 1.807) is 91.3 Å². The zero-order valence-corrected chi connectivity index (χ0v) is 32.2. The van der Waals surface area contributed by atoms with Gasteiger partial charge in [-0.05, 0) is 66.4 Å². The summed E-state index contributed by atoms with van der Waals surface area (Å²) >= 11 is 20.1. The van der Waals surface area contributed by atoms with Gasteiger partial charge in [-0.25, -0.2) is 18.4 Å². The molecule has 2 aromatic heterocycles. The molecule has 266 valence electrons. The number of anilines is 2. The number of hydrogen-bond donors (Lipinski definition) is 3. The van der Waals surface area contributed by atoms with E-state index in [1.807, 2.05) is 18.2 Å². The highest BCUT2D eigenvalue weighted by Crippen LogP contribution is 2.33. The van der Waals surface area contributed by atoms with Crippen LogP contribution in [0.2, 0.25) is 10.0 Å². The van der Waals surface area contributed by atoms with Crippen LogP contribution in [-0.4, -0.2) is 37.0 Å². The van der Waals surface area contributed by atoms with Gasteiger partial charge in [-0.2, -0.15) is 8.42 Å². The van der Waals surface area contributed by atoms with E-state index in [0.717, 1.165) is 22.7 Å². The molecule has 2 unspecified atom stereocenters. The van der Waals surface area contributed by atoms with Gasteiger partial charge in [0.05, 0.1) is 21.2 Å². The SMILES string of the molecule is Cc1c(Cl)cccc1S(=O)(=O)Nc1nc(C(O)c2ccc(Cl)cc2)cs1.Cc1ccccc1S(=O)(=O)N(Cl)c1nc(C(O)c2ccccc2)cs1. The summed E-state index contributed by atoms with van der Waals surface area (Å²) in [7, 11) is -7.77. The standard InChI is InChI=1S/C17H14Cl2N2O3S2.C17H15ClN2O3S2/c1-10-13(19)3-2-4-15(10)26(23,24)21-17-20-14(9-25-17)16(22)11-5-7-12(18)8-6-11;1-12-7-5-6-10-15(12)25(22,23)20(18)17-19-14(11-24-17)16(21)13-8-3-2-4-9-13/h2-9,16,22H,1H3,(H,20,21);2-11,16,21H,1H3. The third kappa shape index (κ3) is 9.09. The van der Waals surface area contributed by atoms with Gasteiger partial charge in [0.2, 0.25) is 5.13 Å². The van der Waals surface area contributed by atoms with E-state index >= 15 is 0 Å². The number of benzene rings is 4. The van der Waals surface area contributed by atoms with Crippen LogP contribution < -0.4 is 8.55 Å². The summed E-state index contributed by atoms with van der Waals surface area (Å²) in [6, 6.07) is 27.0. The molecule has 6 aromatic rings. The predicted octanol–water partition coefficient (Wildman–Crippen LogP) is 8.52. The Balaban J connectivity index is 0.000000198. The number of halogens is 3. The maximum absolute atomic E-state index is 12.7. The molecule has 2 atom stereocenters. The Labute approximate surface area is 318 Å². The topological polar surface area (TPSA) is 150 Å². The van der Waals surface area contributed by atoms with Crippen LogP contribution in [0.4, 0.5) is 10.3 Å². The molecular formula is C34H29Cl3N4O6S4. The molecule has 3 N–H and O–H groups in total. The van der Waals surface area contributed by atoms with Crippen molar-refractivity contribution in [2.75, 3.05) is 8.55 Å². The van der Waals surface area contributed by atoms with E-state index in [2.05, 4.69) is 14.7 Å². The minimum atomic E-state index is -3.93. The molecule has 17 heteroatoms. The lowest BCUT2D eigenvalue weighted by atomic mass is 10.1. The van der Waals surface area contributed by atoms with E-state index in [1.165, 1.54) is 12.1 Å². The highest BCUT2D eigenvalue weighted by atomic mass is 35.5. The first-order valence-corrected chi connectivity index (χ1v) is 20.6. The molecule has 0 bridgehead atoms. The summed E-state index contributed by atoms with van der Waals surface area (Å²) in [4.78, 5) is 8.57. The molecule has 0 spiro atoms. The minimum Gasteiger partial charge on any atom is -0.382 e. The van der Waals surface area contributed by atoms with Crippen molar-refractivity contribution in [3.05, 3.63) is 152 Å². The van der Waals surface area contributed by atoms with Crippen molar-refractivity contribution < 1.29 is 27.0 Å². The van der Waals surface area contributed by atoms with E-state index in [9.17, 15) is 27.0 Å². The third-order valence-electron chi connectivity index (χ3n) is 7.36. The largest absolute Gasteiger partial charge is 0.382 e. The van der Waals surface area contributed by atoms with Crippen molar-refractivity contribution in [3.63, 3.8) is 0 Å².